The molecule has 7 heteroatoms. The quantitative estimate of drug-likeness (QED) is 0.695. The SMILES string of the molecule is O=C(NCCC1CCCCO1)C1CC(COc2ccccc2F)NN1. The van der Waals surface area contributed by atoms with Crippen LogP contribution in [0.5, 0.6) is 5.75 Å². The minimum atomic E-state index is -0.382. The molecule has 1 amide bonds. The van der Waals surface area contributed by atoms with E-state index in [1.54, 1.807) is 18.2 Å². The van der Waals surface area contributed by atoms with E-state index in [0.717, 1.165) is 25.9 Å². The van der Waals surface area contributed by atoms with Gasteiger partial charge < -0.3 is 14.8 Å². The lowest BCUT2D eigenvalue weighted by Crippen LogP contribution is -2.44. The molecule has 138 valence electrons. The highest BCUT2D eigenvalue weighted by Crippen LogP contribution is 2.17. The minimum absolute atomic E-state index is 0.0308. The Balaban J connectivity index is 1.34. The monoisotopic (exact) mass is 351 g/mol. The Morgan fingerprint density at radius 2 is 2.20 bits per heavy atom. The highest BCUT2D eigenvalue weighted by atomic mass is 19.1. The van der Waals surface area contributed by atoms with Crippen molar-refractivity contribution in [2.75, 3.05) is 19.8 Å². The van der Waals surface area contributed by atoms with Gasteiger partial charge >= 0.3 is 0 Å². The van der Waals surface area contributed by atoms with Crippen LogP contribution >= 0.6 is 0 Å². The molecule has 0 aromatic heterocycles. The fourth-order valence-corrected chi connectivity index (χ4v) is 3.17. The van der Waals surface area contributed by atoms with Gasteiger partial charge in [0.05, 0.1) is 12.1 Å². The Labute approximate surface area is 147 Å². The van der Waals surface area contributed by atoms with Gasteiger partial charge in [0.1, 0.15) is 12.6 Å². The van der Waals surface area contributed by atoms with E-state index in [0.29, 0.717) is 19.6 Å². The summed E-state index contributed by atoms with van der Waals surface area (Å²) in [4.78, 5) is 12.2. The zero-order chi connectivity index (χ0) is 17.5. The van der Waals surface area contributed by atoms with Crippen LogP contribution in [0.25, 0.3) is 0 Å². The summed E-state index contributed by atoms with van der Waals surface area (Å²) >= 11 is 0. The average Bonchev–Trinajstić information content (AvgIpc) is 3.11. The number of hydrazine groups is 1. The Hall–Kier alpha value is -1.70. The van der Waals surface area contributed by atoms with Crippen LogP contribution in [0.15, 0.2) is 24.3 Å². The van der Waals surface area contributed by atoms with E-state index < -0.39 is 0 Å². The lowest BCUT2D eigenvalue weighted by atomic mass is 10.1. The number of para-hydroxylation sites is 1. The summed E-state index contributed by atoms with van der Waals surface area (Å²) in [6.45, 7) is 1.75. The first-order valence-corrected chi connectivity index (χ1v) is 9.00. The number of ether oxygens (including phenoxy) is 2. The van der Waals surface area contributed by atoms with Gasteiger partial charge in [-0.2, -0.15) is 0 Å². The van der Waals surface area contributed by atoms with Crippen molar-refractivity contribution in [3.05, 3.63) is 30.1 Å². The zero-order valence-electron chi connectivity index (χ0n) is 14.3. The number of carbonyl (C=O) groups excluding carboxylic acids is 1. The van der Waals surface area contributed by atoms with Gasteiger partial charge in [0.25, 0.3) is 0 Å². The van der Waals surface area contributed by atoms with Crippen molar-refractivity contribution in [3.8, 4) is 5.75 Å². The largest absolute Gasteiger partial charge is 0.489 e. The molecule has 1 aromatic rings. The summed E-state index contributed by atoms with van der Waals surface area (Å²) in [6.07, 6.45) is 5.14. The second-order valence-electron chi connectivity index (χ2n) is 6.58. The van der Waals surface area contributed by atoms with Crippen molar-refractivity contribution in [1.82, 2.24) is 16.2 Å². The summed E-state index contributed by atoms with van der Waals surface area (Å²) in [7, 11) is 0. The van der Waals surface area contributed by atoms with Crippen LogP contribution in [0.4, 0.5) is 4.39 Å². The van der Waals surface area contributed by atoms with Crippen LogP contribution in [0.1, 0.15) is 32.1 Å². The molecule has 0 spiro atoms. The first-order chi connectivity index (χ1) is 12.2. The summed E-state index contributed by atoms with van der Waals surface area (Å²) < 4.78 is 24.7. The first-order valence-electron chi connectivity index (χ1n) is 9.00. The summed E-state index contributed by atoms with van der Waals surface area (Å²) in [5.74, 6) is -0.186. The third-order valence-corrected chi connectivity index (χ3v) is 4.61. The highest BCUT2D eigenvalue weighted by molar-refractivity contribution is 5.82. The van der Waals surface area contributed by atoms with Crippen LogP contribution in [0.3, 0.4) is 0 Å². The molecule has 0 bridgehead atoms. The first kappa shape index (κ1) is 18.1. The minimum Gasteiger partial charge on any atom is -0.489 e. The van der Waals surface area contributed by atoms with Gasteiger partial charge in [0.2, 0.25) is 5.91 Å². The van der Waals surface area contributed by atoms with E-state index >= 15 is 0 Å². The number of amides is 1. The second kappa shape index (κ2) is 9.12. The second-order valence-corrected chi connectivity index (χ2v) is 6.58. The van der Waals surface area contributed by atoms with Crippen molar-refractivity contribution in [2.24, 2.45) is 0 Å². The van der Waals surface area contributed by atoms with E-state index in [1.807, 2.05) is 0 Å². The maximum Gasteiger partial charge on any atom is 0.238 e. The lowest BCUT2D eigenvalue weighted by molar-refractivity contribution is -0.123. The molecule has 3 unspecified atom stereocenters. The molecule has 25 heavy (non-hydrogen) atoms. The van der Waals surface area contributed by atoms with Crippen molar-refractivity contribution < 1.29 is 18.7 Å². The van der Waals surface area contributed by atoms with Crippen LogP contribution in [0.2, 0.25) is 0 Å². The Bertz CT molecular complexity index is 566. The predicted molar refractivity (Wildman–Crippen MR) is 91.6 cm³/mol. The fraction of sp³-hybridized carbons (Fsp3) is 0.611. The molecule has 2 aliphatic rings. The van der Waals surface area contributed by atoms with E-state index in [4.69, 9.17) is 9.47 Å². The van der Waals surface area contributed by atoms with E-state index in [1.165, 1.54) is 12.5 Å². The van der Waals surface area contributed by atoms with Crippen LogP contribution in [0, 0.1) is 5.82 Å². The Morgan fingerprint density at radius 3 is 3.00 bits per heavy atom. The number of halogens is 1. The number of nitrogens with one attached hydrogen (secondary N) is 3. The third-order valence-electron chi connectivity index (χ3n) is 4.61. The Morgan fingerprint density at radius 1 is 1.32 bits per heavy atom. The van der Waals surface area contributed by atoms with Gasteiger partial charge in [-0.15, -0.1) is 0 Å². The van der Waals surface area contributed by atoms with Gasteiger partial charge in [-0.25, -0.2) is 9.82 Å². The molecule has 2 saturated heterocycles. The summed E-state index contributed by atoms with van der Waals surface area (Å²) in [5.41, 5.74) is 6.01. The molecular weight excluding hydrogens is 325 g/mol. The molecule has 3 rings (SSSR count). The van der Waals surface area contributed by atoms with Gasteiger partial charge in [-0.3, -0.25) is 10.2 Å². The van der Waals surface area contributed by atoms with Crippen LogP contribution in [-0.4, -0.2) is 43.9 Å². The van der Waals surface area contributed by atoms with Crippen molar-refractivity contribution in [3.63, 3.8) is 0 Å². The fourth-order valence-electron chi connectivity index (χ4n) is 3.17. The Kier molecular flexibility index (Phi) is 6.61. The highest BCUT2D eigenvalue weighted by Gasteiger charge is 2.29. The lowest BCUT2D eigenvalue weighted by Gasteiger charge is -2.22. The van der Waals surface area contributed by atoms with Crippen molar-refractivity contribution >= 4 is 5.91 Å². The summed E-state index contributed by atoms with van der Waals surface area (Å²) in [6, 6.07) is 5.96. The molecule has 0 saturated carbocycles. The van der Waals surface area contributed by atoms with Gasteiger partial charge in [-0.05, 0) is 44.2 Å². The molecule has 6 nitrogen and oxygen atoms in total. The summed E-state index contributed by atoms with van der Waals surface area (Å²) in [5, 5.41) is 2.95. The topological polar surface area (TPSA) is 71.6 Å². The molecule has 2 heterocycles. The van der Waals surface area contributed by atoms with Crippen molar-refractivity contribution in [2.45, 2.75) is 50.3 Å². The van der Waals surface area contributed by atoms with E-state index in [-0.39, 0.29) is 35.7 Å². The predicted octanol–water partition coefficient (Wildman–Crippen LogP) is 1.51. The molecule has 1 aromatic carbocycles. The molecule has 3 atom stereocenters. The van der Waals surface area contributed by atoms with Crippen molar-refractivity contribution in [1.29, 1.82) is 0 Å². The molecule has 0 aliphatic carbocycles. The maximum atomic E-state index is 13.5. The van der Waals surface area contributed by atoms with Gasteiger partial charge in [0.15, 0.2) is 11.6 Å². The normalized spacial score (nSPS) is 26.4. The number of rotatable bonds is 7. The molecule has 2 aliphatic heterocycles. The number of benzene rings is 1. The van der Waals surface area contributed by atoms with Crippen LogP contribution < -0.4 is 20.9 Å². The molecule has 2 fully saturated rings. The third kappa shape index (κ3) is 5.39. The van der Waals surface area contributed by atoms with Crippen LogP contribution in [-0.2, 0) is 9.53 Å². The molecular formula is C18H26FN3O3. The van der Waals surface area contributed by atoms with Gasteiger partial charge in [-0.1, -0.05) is 12.1 Å². The number of hydrogen-bond acceptors (Lipinski definition) is 5. The standard InChI is InChI=1S/C18H26FN3O3/c19-15-6-1-2-7-17(15)25-12-13-11-16(22-21-13)18(23)20-9-8-14-5-3-4-10-24-14/h1-2,6-7,13-14,16,21-22H,3-5,8-12H2,(H,20,23). The maximum absolute atomic E-state index is 13.5. The van der Waals surface area contributed by atoms with Gasteiger partial charge in [0, 0.05) is 13.2 Å². The smallest absolute Gasteiger partial charge is 0.238 e. The molecule has 0 radical (unpaired) electrons. The average molecular weight is 351 g/mol. The van der Waals surface area contributed by atoms with E-state index in [2.05, 4.69) is 16.2 Å². The molecule has 3 N–H and O–H groups in total. The number of hydrogen-bond donors (Lipinski definition) is 3. The number of carbonyl (C=O) groups is 1. The zero-order valence-corrected chi connectivity index (χ0v) is 14.3. The van der Waals surface area contributed by atoms with E-state index in [9.17, 15) is 9.18 Å².